The van der Waals surface area contributed by atoms with Gasteiger partial charge < -0.3 is 5.11 Å². The van der Waals surface area contributed by atoms with Crippen molar-refractivity contribution in [2.75, 3.05) is 4.90 Å². The summed E-state index contributed by atoms with van der Waals surface area (Å²) in [6.07, 6.45) is 4.05. The first-order valence-electron chi connectivity index (χ1n) is 7.99. The lowest BCUT2D eigenvalue weighted by Crippen LogP contribution is -2.58. The summed E-state index contributed by atoms with van der Waals surface area (Å²) in [4.78, 5) is 14.7. The molecule has 1 aliphatic heterocycles. The number of aliphatic hydroxyl groups is 1. The molecule has 3 atom stereocenters. The highest BCUT2D eigenvalue weighted by Gasteiger charge is 2.63. The number of carbonyl (C=O) groups excluding carboxylic acids is 1. The Bertz CT molecular complexity index is 534. The van der Waals surface area contributed by atoms with E-state index in [1.54, 1.807) is 4.90 Å². The predicted octanol–water partition coefficient (Wildman–Crippen LogP) is 3.57. The SMILES string of the molecule is CC(C)(C)[C@@]1(O)[C@H]2CCCC[C@@H]2C(=O)N1c1ccccc1. The lowest BCUT2D eigenvalue weighted by atomic mass is 9.68. The van der Waals surface area contributed by atoms with Gasteiger partial charge in [0.05, 0.1) is 0 Å². The van der Waals surface area contributed by atoms with Crippen LogP contribution in [0.3, 0.4) is 0 Å². The number of fused-ring (bicyclic) bond motifs is 1. The number of anilines is 1. The maximum absolute atomic E-state index is 13.0. The third-order valence-corrected chi connectivity index (χ3v) is 5.28. The molecule has 1 heterocycles. The topological polar surface area (TPSA) is 40.5 Å². The summed E-state index contributed by atoms with van der Waals surface area (Å²) >= 11 is 0. The quantitative estimate of drug-likeness (QED) is 0.857. The van der Waals surface area contributed by atoms with Crippen LogP contribution in [0, 0.1) is 17.3 Å². The van der Waals surface area contributed by atoms with Gasteiger partial charge in [-0.3, -0.25) is 9.69 Å². The second-order valence-electron chi connectivity index (χ2n) is 7.48. The van der Waals surface area contributed by atoms with Crippen LogP contribution in [0.5, 0.6) is 0 Å². The van der Waals surface area contributed by atoms with Crippen LogP contribution in [0.15, 0.2) is 30.3 Å². The fourth-order valence-corrected chi connectivity index (χ4v) is 4.20. The zero-order chi connectivity index (χ0) is 15.3. The number of para-hydroxylation sites is 1. The number of nitrogens with zero attached hydrogens (tertiary/aromatic N) is 1. The van der Waals surface area contributed by atoms with Crippen LogP contribution in [0.25, 0.3) is 0 Å². The van der Waals surface area contributed by atoms with E-state index in [-0.39, 0.29) is 23.2 Å². The predicted molar refractivity (Wildman–Crippen MR) is 83.8 cm³/mol. The molecule has 0 spiro atoms. The molecule has 1 saturated heterocycles. The summed E-state index contributed by atoms with van der Waals surface area (Å²) < 4.78 is 0. The van der Waals surface area contributed by atoms with Crippen molar-refractivity contribution < 1.29 is 9.90 Å². The number of hydrogen-bond acceptors (Lipinski definition) is 2. The van der Waals surface area contributed by atoms with Crippen molar-refractivity contribution in [1.82, 2.24) is 0 Å². The second kappa shape index (κ2) is 4.84. The van der Waals surface area contributed by atoms with E-state index >= 15 is 0 Å². The molecule has 0 aromatic heterocycles. The molecule has 3 nitrogen and oxygen atoms in total. The molecule has 1 saturated carbocycles. The molecule has 3 rings (SSSR count). The molecular formula is C18H25NO2. The van der Waals surface area contributed by atoms with Gasteiger partial charge in [-0.15, -0.1) is 0 Å². The molecule has 1 aliphatic carbocycles. The van der Waals surface area contributed by atoms with Crippen molar-refractivity contribution in [3.8, 4) is 0 Å². The minimum atomic E-state index is -1.10. The largest absolute Gasteiger partial charge is 0.370 e. The van der Waals surface area contributed by atoms with Crippen LogP contribution in [0.2, 0.25) is 0 Å². The van der Waals surface area contributed by atoms with Gasteiger partial charge in [0.25, 0.3) is 0 Å². The van der Waals surface area contributed by atoms with Crippen LogP contribution < -0.4 is 4.90 Å². The number of hydrogen-bond donors (Lipinski definition) is 1. The average molecular weight is 287 g/mol. The van der Waals surface area contributed by atoms with Crippen LogP contribution in [-0.2, 0) is 4.79 Å². The average Bonchev–Trinajstić information content (AvgIpc) is 2.70. The number of amides is 1. The third-order valence-electron chi connectivity index (χ3n) is 5.28. The van der Waals surface area contributed by atoms with Crippen LogP contribution >= 0.6 is 0 Å². The summed E-state index contributed by atoms with van der Waals surface area (Å²) in [6, 6.07) is 9.63. The first kappa shape index (κ1) is 14.6. The molecule has 2 fully saturated rings. The molecule has 0 unspecified atom stereocenters. The molecule has 3 heteroatoms. The number of rotatable bonds is 1. The number of carbonyl (C=O) groups is 1. The third kappa shape index (κ3) is 2.02. The normalized spacial score (nSPS) is 33.1. The van der Waals surface area contributed by atoms with Crippen molar-refractivity contribution in [3.05, 3.63) is 30.3 Å². The fraction of sp³-hybridized carbons (Fsp3) is 0.611. The summed E-state index contributed by atoms with van der Waals surface area (Å²) in [5.74, 6) is 0.116. The smallest absolute Gasteiger partial charge is 0.232 e. The zero-order valence-corrected chi connectivity index (χ0v) is 13.2. The second-order valence-corrected chi connectivity index (χ2v) is 7.48. The lowest BCUT2D eigenvalue weighted by Gasteiger charge is -2.47. The van der Waals surface area contributed by atoms with Crippen molar-refractivity contribution >= 4 is 11.6 Å². The van der Waals surface area contributed by atoms with Gasteiger partial charge in [-0.25, -0.2) is 0 Å². The van der Waals surface area contributed by atoms with Crippen LogP contribution in [0.4, 0.5) is 5.69 Å². The van der Waals surface area contributed by atoms with Gasteiger partial charge >= 0.3 is 0 Å². The highest BCUT2D eigenvalue weighted by atomic mass is 16.3. The van der Waals surface area contributed by atoms with E-state index in [2.05, 4.69) is 0 Å². The highest BCUT2D eigenvalue weighted by Crippen LogP contribution is 2.54. The minimum absolute atomic E-state index is 0.0248. The van der Waals surface area contributed by atoms with E-state index in [0.717, 1.165) is 31.4 Å². The standard InChI is InChI=1S/C18H25NO2/c1-17(2,3)18(21)15-12-8-7-11-14(15)16(20)19(18)13-9-5-4-6-10-13/h4-6,9-10,14-15,21H,7-8,11-12H2,1-3H3/t14-,15-,18-/m0/s1. The molecule has 1 N–H and O–H groups in total. The Hall–Kier alpha value is -1.35. The molecule has 114 valence electrons. The lowest BCUT2D eigenvalue weighted by molar-refractivity contribution is -0.122. The fourth-order valence-electron chi connectivity index (χ4n) is 4.20. The Morgan fingerprint density at radius 3 is 2.38 bits per heavy atom. The van der Waals surface area contributed by atoms with E-state index in [1.165, 1.54) is 0 Å². The zero-order valence-electron chi connectivity index (χ0n) is 13.2. The molecule has 1 amide bonds. The maximum atomic E-state index is 13.0. The van der Waals surface area contributed by atoms with Crippen LogP contribution in [-0.4, -0.2) is 16.7 Å². The Morgan fingerprint density at radius 2 is 1.76 bits per heavy atom. The first-order valence-corrected chi connectivity index (χ1v) is 7.99. The Kier molecular flexibility index (Phi) is 3.36. The van der Waals surface area contributed by atoms with Crippen molar-refractivity contribution in [2.45, 2.75) is 52.2 Å². The van der Waals surface area contributed by atoms with Crippen molar-refractivity contribution in [3.63, 3.8) is 0 Å². The first-order chi connectivity index (χ1) is 9.87. The Labute approximate surface area is 127 Å². The van der Waals surface area contributed by atoms with Crippen LogP contribution in [0.1, 0.15) is 46.5 Å². The van der Waals surface area contributed by atoms with Crippen molar-refractivity contribution in [2.24, 2.45) is 17.3 Å². The molecule has 1 aromatic carbocycles. The molecule has 0 bridgehead atoms. The summed E-state index contributed by atoms with van der Waals surface area (Å²) in [7, 11) is 0. The van der Waals surface area contributed by atoms with E-state index < -0.39 is 5.72 Å². The molecule has 21 heavy (non-hydrogen) atoms. The molecule has 1 aromatic rings. The van der Waals surface area contributed by atoms with Gasteiger partial charge in [0.2, 0.25) is 5.91 Å². The van der Waals surface area contributed by atoms with Gasteiger partial charge in [-0.1, -0.05) is 51.8 Å². The van der Waals surface area contributed by atoms with Gasteiger partial charge in [-0.05, 0) is 25.0 Å². The highest BCUT2D eigenvalue weighted by molar-refractivity contribution is 5.99. The van der Waals surface area contributed by atoms with Crippen molar-refractivity contribution in [1.29, 1.82) is 0 Å². The minimum Gasteiger partial charge on any atom is -0.370 e. The monoisotopic (exact) mass is 287 g/mol. The summed E-state index contributed by atoms with van der Waals surface area (Å²) in [6.45, 7) is 6.10. The van der Waals surface area contributed by atoms with E-state index in [0.29, 0.717) is 0 Å². The molecule has 2 aliphatic rings. The number of benzene rings is 1. The van der Waals surface area contributed by atoms with E-state index in [4.69, 9.17) is 0 Å². The Balaban J connectivity index is 2.13. The molecular weight excluding hydrogens is 262 g/mol. The summed E-state index contributed by atoms with van der Waals surface area (Å²) in [5.41, 5.74) is -0.666. The van der Waals surface area contributed by atoms with Gasteiger partial charge in [-0.2, -0.15) is 0 Å². The molecule has 0 radical (unpaired) electrons. The Morgan fingerprint density at radius 1 is 1.14 bits per heavy atom. The summed E-state index contributed by atoms with van der Waals surface area (Å²) in [5, 5.41) is 11.6. The van der Waals surface area contributed by atoms with Gasteiger partial charge in [0.15, 0.2) is 5.72 Å². The van der Waals surface area contributed by atoms with Gasteiger partial charge in [0.1, 0.15) is 0 Å². The maximum Gasteiger partial charge on any atom is 0.232 e. The van der Waals surface area contributed by atoms with E-state index in [1.807, 2.05) is 51.1 Å². The van der Waals surface area contributed by atoms with E-state index in [9.17, 15) is 9.90 Å². The van der Waals surface area contributed by atoms with Gasteiger partial charge in [0, 0.05) is 22.9 Å².